The summed E-state index contributed by atoms with van der Waals surface area (Å²) in [6.45, 7) is 0. The fraction of sp³-hybridized carbons (Fsp3) is 0.500. The molecule has 6 N–H and O–H groups in total. The predicted molar refractivity (Wildman–Crippen MR) is 69.1 cm³/mol. The van der Waals surface area contributed by atoms with Crippen molar-refractivity contribution in [2.24, 2.45) is 5.73 Å². The number of aliphatic hydroxyl groups is 1. The van der Waals surface area contributed by atoms with Gasteiger partial charge in [0, 0.05) is 6.04 Å². The van der Waals surface area contributed by atoms with Crippen LogP contribution in [0.15, 0.2) is 12.3 Å². The summed E-state index contributed by atoms with van der Waals surface area (Å²) in [6, 6.07) is 1.73. The molecular formula is C12H18N4O2. The number of pyridine rings is 1. The molecule has 6 heteroatoms. The number of nitrogens with two attached hydrogens (primary N) is 2. The van der Waals surface area contributed by atoms with Crippen LogP contribution in [0.2, 0.25) is 0 Å². The SMILES string of the molecule is NC(=O)c1cc(N)cnc1NC1CCC(O)CC1. The van der Waals surface area contributed by atoms with Crippen molar-refractivity contribution in [1.29, 1.82) is 0 Å². The third-order valence-corrected chi connectivity index (χ3v) is 3.21. The summed E-state index contributed by atoms with van der Waals surface area (Å²) < 4.78 is 0. The van der Waals surface area contributed by atoms with Crippen molar-refractivity contribution < 1.29 is 9.90 Å². The molecule has 0 unspecified atom stereocenters. The number of primary amides is 1. The topological polar surface area (TPSA) is 114 Å². The molecule has 0 saturated heterocycles. The highest BCUT2D eigenvalue weighted by Crippen LogP contribution is 2.23. The molecule has 2 rings (SSSR count). The van der Waals surface area contributed by atoms with Crippen LogP contribution in [0.4, 0.5) is 11.5 Å². The minimum atomic E-state index is -0.548. The van der Waals surface area contributed by atoms with Gasteiger partial charge in [-0.05, 0) is 31.7 Å². The Bertz CT molecular complexity index is 442. The van der Waals surface area contributed by atoms with Gasteiger partial charge in [-0.2, -0.15) is 0 Å². The summed E-state index contributed by atoms with van der Waals surface area (Å²) in [5, 5.41) is 12.6. The van der Waals surface area contributed by atoms with Gasteiger partial charge in [0.1, 0.15) is 5.82 Å². The third kappa shape index (κ3) is 2.89. The van der Waals surface area contributed by atoms with Crippen LogP contribution in [0.5, 0.6) is 0 Å². The Hall–Kier alpha value is -1.82. The Labute approximate surface area is 105 Å². The van der Waals surface area contributed by atoms with E-state index in [1.165, 1.54) is 12.3 Å². The van der Waals surface area contributed by atoms with Crippen molar-refractivity contribution in [3.8, 4) is 0 Å². The summed E-state index contributed by atoms with van der Waals surface area (Å²) in [5.41, 5.74) is 11.6. The number of nitrogens with zero attached hydrogens (tertiary/aromatic N) is 1. The van der Waals surface area contributed by atoms with Crippen LogP contribution in [-0.4, -0.2) is 28.1 Å². The minimum Gasteiger partial charge on any atom is -0.397 e. The smallest absolute Gasteiger partial charge is 0.252 e. The molecule has 18 heavy (non-hydrogen) atoms. The number of nitrogens with one attached hydrogen (secondary N) is 1. The van der Waals surface area contributed by atoms with Crippen LogP contribution in [0.1, 0.15) is 36.0 Å². The number of rotatable bonds is 3. The Morgan fingerprint density at radius 1 is 1.39 bits per heavy atom. The van der Waals surface area contributed by atoms with E-state index in [0.29, 0.717) is 17.1 Å². The van der Waals surface area contributed by atoms with E-state index in [1.54, 1.807) is 0 Å². The zero-order valence-electron chi connectivity index (χ0n) is 10.1. The molecule has 1 saturated carbocycles. The summed E-state index contributed by atoms with van der Waals surface area (Å²) in [7, 11) is 0. The number of hydrogen-bond donors (Lipinski definition) is 4. The predicted octanol–water partition coefficient (Wildman–Crippen LogP) is 0.478. The van der Waals surface area contributed by atoms with E-state index in [9.17, 15) is 9.90 Å². The fourth-order valence-corrected chi connectivity index (χ4v) is 2.20. The molecule has 1 amide bonds. The van der Waals surface area contributed by atoms with E-state index in [2.05, 4.69) is 10.3 Å². The molecular weight excluding hydrogens is 232 g/mol. The molecule has 1 aliphatic carbocycles. The maximum Gasteiger partial charge on any atom is 0.252 e. The zero-order valence-corrected chi connectivity index (χ0v) is 10.1. The minimum absolute atomic E-state index is 0.210. The van der Waals surface area contributed by atoms with Crippen molar-refractivity contribution >= 4 is 17.4 Å². The van der Waals surface area contributed by atoms with Crippen molar-refractivity contribution in [1.82, 2.24) is 4.98 Å². The Morgan fingerprint density at radius 3 is 2.67 bits per heavy atom. The number of carbonyl (C=O) groups is 1. The van der Waals surface area contributed by atoms with E-state index in [4.69, 9.17) is 11.5 Å². The molecule has 1 aromatic heterocycles. The summed E-state index contributed by atoms with van der Waals surface area (Å²) in [5.74, 6) is -0.0776. The standard InChI is InChI=1S/C12H18N4O2/c13-7-5-10(11(14)18)12(15-6-7)16-8-1-3-9(17)4-2-8/h5-6,8-9,17H,1-4,13H2,(H2,14,18)(H,15,16). The molecule has 1 fully saturated rings. The first-order valence-electron chi connectivity index (χ1n) is 6.06. The second-order valence-corrected chi connectivity index (χ2v) is 4.68. The van der Waals surface area contributed by atoms with Crippen LogP contribution in [0.25, 0.3) is 0 Å². The van der Waals surface area contributed by atoms with Crippen LogP contribution < -0.4 is 16.8 Å². The second-order valence-electron chi connectivity index (χ2n) is 4.68. The van der Waals surface area contributed by atoms with Gasteiger partial charge in [-0.3, -0.25) is 4.79 Å². The van der Waals surface area contributed by atoms with E-state index in [1.807, 2.05) is 0 Å². The number of aromatic nitrogens is 1. The molecule has 1 heterocycles. The molecule has 1 aromatic rings. The number of nitrogen functional groups attached to an aromatic ring is 1. The van der Waals surface area contributed by atoms with Crippen molar-refractivity contribution in [2.75, 3.05) is 11.1 Å². The highest BCUT2D eigenvalue weighted by Gasteiger charge is 2.21. The molecule has 0 spiro atoms. The molecule has 6 nitrogen and oxygen atoms in total. The molecule has 0 radical (unpaired) electrons. The lowest BCUT2D eigenvalue weighted by atomic mass is 9.93. The lowest BCUT2D eigenvalue weighted by Gasteiger charge is -2.27. The van der Waals surface area contributed by atoms with Crippen LogP contribution in [-0.2, 0) is 0 Å². The monoisotopic (exact) mass is 250 g/mol. The Morgan fingerprint density at radius 2 is 2.06 bits per heavy atom. The largest absolute Gasteiger partial charge is 0.397 e. The molecule has 0 bridgehead atoms. The maximum atomic E-state index is 11.3. The highest BCUT2D eigenvalue weighted by molar-refractivity contribution is 5.98. The van der Waals surface area contributed by atoms with Crippen LogP contribution in [0.3, 0.4) is 0 Å². The van der Waals surface area contributed by atoms with Gasteiger partial charge in [0.05, 0.1) is 23.6 Å². The van der Waals surface area contributed by atoms with Crippen LogP contribution >= 0.6 is 0 Å². The van der Waals surface area contributed by atoms with Gasteiger partial charge < -0.3 is 21.9 Å². The molecule has 0 atom stereocenters. The Balaban J connectivity index is 2.11. The van der Waals surface area contributed by atoms with Gasteiger partial charge in [0.15, 0.2) is 0 Å². The normalized spacial score (nSPS) is 23.6. The van der Waals surface area contributed by atoms with E-state index >= 15 is 0 Å². The van der Waals surface area contributed by atoms with Gasteiger partial charge >= 0.3 is 0 Å². The van der Waals surface area contributed by atoms with Gasteiger partial charge in [-0.25, -0.2) is 4.98 Å². The average Bonchev–Trinajstić information content (AvgIpc) is 2.34. The van der Waals surface area contributed by atoms with Gasteiger partial charge in [0.2, 0.25) is 0 Å². The first kappa shape index (κ1) is 12.6. The summed E-state index contributed by atoms with van der Waals surface area (Å²) in [4.78, 5) is 15.4. The van der Waals surface area contributed by atoms with Crippen molar-refractivity contribution in [3.05, 3.63) is 17.8 Å². The van der Waals surface area contributed by atoms with E-state index < -0.39 is 5.91 Å². The third-order valence-electron chi connectivity index (χ3n) is 3.21. The Kier molecular flexibility index (Phi) is 3.66. The maximum absolute atomic E-state index is 11.3. The lowest BCUT2D eigenvalue weighted by molar-refractivity contribution is 0.1000. The number of carbonyl (C=O) groups excluding carboxylic acids is 1. The average molecular weight is 250 g/mol. The zero-order chi connectivity index (χ0) is 13.1. The quantitative estimate of drug-likeness (QED) is 0.623. The van der Waals surface area contributed by atoms with Crippen molar-refractivity contribution in [3.63, 3.8) is 0 Å². The number of amides is 1. The molecule has 1 aliphatic rings. The van der Waals surface area contributed by atoms with Gasteiger partial charge in [-0.15, -0.1) is 0 Å². The number of anilines is 2. The summed E-state index contributed by atoms with van der Waals surface area (Å²) in [6.07, 6.45) is 4.51. The van der Waals surface area contributed by atoms with E-state index in [-0.39, 0.29) is 12.1 Å². The number of aliphatic hydroxyl groups excluding tert-OH is 1. The van der Waals surface area contributed by atoms with Gasteiger partial charge in [-0.1, -0.05) is 0 Å². The first-order valence-corrected chi connectivity index (χ1v) is 6.06. The first-order chi connectivity index (χ1) is 8.56. The van der Waals surface area contributed by atoms with Crippen LogP contribution in [0, 0.1) is 0 Å². The lowest BCUT2D eigenvalue weighted by Crippen LogP contribution is -2.29. The highest BCUT2D eigenvalue weighted by atomic mass is 16.3. The van der Waals surface area contributed by atoms with Crippen molar-refractivity contribution in [2.45, 2.75) is 37.8 Å². The van der Waals surface area contributed by atoms with E-state index in [0.717, 1.165) is 25.7 Å². The molecule has 98 valence electrons. The summed E-state index contributed by atoms with van der Waals surface area (Å²) >= 11 is 0. The second kappa shape index (κ2) is 5.22. The molecule has 0 aromatic carbocycles. The van der Waals surface area contributed by atoms with Gasteiger partial charge in [0.25, 0.3) is 5.91 Å². The number of hydrogen-bond acceptors (Lipinski definition) is 5. The fourth-order valence-electron chi connectivity index (χ4n) is 2.20. The molecule has 0 aliphatic heterocycles.